The molecule has 0 aliphatic heterocycles. The topological polar surface area (TPSA) is 58.6 Å². The van der Waals surface area contributed by atoms with Crippen LogP contribution in [0.4, 0.5) is 4.79 Å². The number of urea groups is 1. The molecule has 2 unspecified atom stereocenters. The molecule has 1 aliphatic rings. The van der Waals surface area contributed by atoms with Gasteiger partial charge in [-0.2, -0.15) is 0 Å². The van der Waals surface area contributed by atoms with Crippen LogP contribution in [0.3, 0.4) is 0 Å². The molecule has 0 spiro atoms. The van der Waals surface area contributed by atoms with E-state index in [1.54, 1.807) is 18.2 Å². The molecule has 0 bridgehead atoms. The highest BCUT2D eigenvalue weighted by molar-refractivity contribution is 5.75. The molecule has 0 fully saturated rings. The molecule has 2 amide bonds. The Morgan fingerprint density at radius 1 is 1.46 bits per heavy atom. The number of nitrogens with one attached hydrogen (secondary N) is 1. The van der Waals surface area contributed by atoms with E-state index < -0.39 is 0 Å². The number of amides is 2. The first-order valence-electron chi connectivity index (χ1n) is 8.43. The van der Waals surface area contributed by atoms with Crippen LogP contribution in [0.2, 0.25) is 0 Å². The van der Waals surface area contributed by atoms with Crippen molar-refractivity contribution in [3.63, 3.8) is 0 Å². The van der Waals surface area contributed by atoms with E-state index in [1.165, 1.54) is 0 Å². The van der Waals surface area contributed by atoms with E-state index in [4.69, 9.17) is 8.83 Å². The molecule has 130 valence electrons. The van der Waals surface area contributed by atoms with Gasteiger partial charge in [-0.05, 0) is 43.9 Å². The molecule has 5 nitrogen and oxygen atoms in total. The highest BCUT2D eigenvalue weighted by Crippen LogP contribution is 2.42. The molecule has 1 N–H and O–H groups in total. The molecule has 3 rings (SSSR count). The summed E-state index contributed by atoms with van der Waals surface area (Å²) in [5.41, 5.74) is 1.21. The fraction of sp³-hybridized carbons (Fsp3) is 0.526. The van der Waals surface area contributed by atoms with E-state index in [2.05, 4.69) is 19.2 Å². The van der Waals surface area contributed by atoms with Crippen molar-refractivity contribution in [2.45, 2.75) is 52.6 Å². The van der Waals surface area contributed by atoms with Crippen LogP contribution in [0.15, 0.2) is 33.3 Å². The summed E-state index contributed by atoms with van der Waals surface area (Å²) in [7, 11) is 1.79. The fourth-order valence-corrected chi connectivity index (χ4v) is 3.46. The van der Waals surface area contributed by atoms with Crippen molar-refractivity contribution in [1.29, 1.82) is 0 Å². The Hall–Kier alpha value is -2.17. The van der Waals surface area contributed by atoms with Crippen molar-refractivity contribution in [2.24, 2.45) is 5.41 Å². The van der Waals surface area contributed by atoms with E-state index in [1.807, 2.05) is 32.0 Å². The predicted molar refractivity (Wildman–Crippen MR) is 91.7 cm³/mol. The maximum absolute atomic E-state index is 12.7. The monoisotopic (exact) mass is 330 g/mol. The molecule has 0 saturated heterocycles. The highest BCUT2D eigenvalue weighted by Gasteiger charge is 2.36. The molecule has 5 heteroatoms. The second kappa shape index (κ2) is 6.04. The third-order valence-corrected chi connectivity index (χ3v) is 4.89. The lowest BCUT2D eigenvalue weighted by molar-refractivity contribution is 0.173. The van der Waals surface area contributed by atoms with Crippen LogP contribution in [0, 0.1) is 12.3 Å². The Bertz CT molecular complexity index is 715. The number of hydrogen-bond donors (Lipinski definition) is 1. The number of nitrogens with zero attached hydrogens (tertiary/aromatic N) is 1. The fourth-order valence-electron chi connectivity index (χ4n) is 3.46. The standard InChI is InChI=1S/C19H26N2O3/c1-12-9-14-15(10-19(3,4)11-17(14)24-12)20-18(22)21(5)13(2)16-7-6-8-23-16/h6-9,13,15H,10-11H2,1-5H3,(H,20,22). The summed E-state index contributed by atoms with van der Waals surface area (Å²) in [5, 5.41) is 3.17. The Morgan fingerprint density at radius 2 is 2.21 bits per heavy atom. The van der Waals surface area contributed by atoms with Gasteiger partial charge < -0.3 is 19.1 Å². The lowest BCUT2D eigenvalue weighted by Gasteiger charge is -2.36. The summed E-state index contributed by atoms with van der Waals surface area (Å²) in [6, 6.07) is 5.51. The number of carbonyl (C=O) groups is 1. The van der Waals surface area contributed by atoms with Crippen molar-refractivity contribution < 1.29 is 13.6 Å². The van der Waals surface area contributed by atoms with Gasteiger partial charge in [-0.25, -0.2) is 4.79 Å². The lowest BCUT2D eigenvalue weighted by Crippen LogP contribution is -2.43. The van der Waals surface area contributed by atoms with Crippen LogP contribution in [-0.4, -0.2) is 18.0 Å². The van der Waals surface area contributed by atoms with Gasteiger partial charge in [0.25, 0.3) is 0 Å². The van der Waals surface area contributed by atoms with Crippen LogP contribution >= 0.6 is 0 Å². The maximum Gasteiger partial charge on any atom is 0.318 e. The zero-order valence-electron chi connectivity index (χ0n) is 15.1. The molecule has 2 aromatic rings. The minimum atomic E-state index is -0.123. The van der Waals surface area contributed by atoms with Gasteiger partial charge in [0.05, 0.1) is 18.3 Å². The quantitative estimate of drug-likeness (QED) is 0.895. The van der Waals surface area contributed by atoms with Gasteiger partial charge in [0.15, 0.2) is 0 Å². The van der Waals surface area contributed by atoms with Crippen LogP contribution < -0.4 is 5.32 Å². The van der Waals surface area contributed by atoms with E-state index in [0.29, 0.717) is 0 Å². The minimum absolute atomic E-state index is 0.0278. The van der Waals surface area contributed by atoms with Gasteiger partial charge in [0.1, 0.15) is 17.3 Å². The summed E-state index contributed by atoms with van der Waals surface area (Å²) in [6.45, 7) is 8.33. The van der Waals surface area contributed by atoms with E-state index >= 15 is 0 Å². The normalized spacial score (nSPS) is 20.3. The Kier molecular flexibility index (Phi) is 4.20. The second-order valence-corrected chi connectivity index (χ2v) is 7.59. The Morgan fingerprint density at radius 3 is 2.88 bits per heavy atom. The molecule has 2 aromatic heterocycles. The first kappa shape index (κ1) is 16.7. The number of fused-ring (bicyclic) bond motifs is 1. The first-order valence-corrected chi connectivity index (χ1v) is 8.43. The zero-order valence-corrected chi connectivity index (χ0v) is 15.1. The minimum Gasteiger partial charge on any atom is -0.467 e. The SMILES string of the molecule is Cc1cc2c(o1)CC(C)(C)CC2NC(=O)N(C)C(C)c1ccco1. The average Bonchev–Trinajstić information content (AvgIpc) is 3.13. The zero-order chi connectivity index (χ0) is 17.5. The van der Waals surface area contributed by atoms with Crippen LogP contribution in [0.1, 0.15) is 62.1 Å². The van der Waals surface area contributed by atoms with Gasteiger partial charge >= 0.3 is 6.03 Å². The molecule has 0 radical (unpaired) electrons. The summed E-state index contributed by atoms with van der Waals surface area (Å²) in [6.07, 6.45) is 3.43. The number of rotatable bonds is 3. The average molecular weight is 330 g/mol. The maximum atomic E-state index is 12.7. The predicted octanol–water partition coefficient (Wildman–Crippen LogP) is 4.60. The smallest absolute Gasteiger partial charge is 0.318 e. The molecule has 0 saturated carbocycles. The van der Waals surface area contributed by atoms with Gasteiger partial charge in [0.2, 0.25) is 0 Å². The number of furan rings is 2. The third kappa shape index (κ3) is 3.21. The largest absolute Gasteiger partial charge is 0.467 e. The van der Waals surface area contributed by atoms with Gasteiger partial charge in [0, 0.05) is 19.0 Å². The molecular formula is C19H26N2O3. The Balaban J connectivity index is 1.76. The van der Waals surface area contributed by atoms with Crippen LogP contribution in [0.5, 0.6) is 0 Å². The van der Waals surface area contributed by atoms with Crippen molar-refractivity contribution in [2.75, 3.05) is 7.05 Å². The molecular weight excluding hydrogens is 304 g/mol. The van der Waals surface area contributed by atoms with Crippen LogP contribution in [-0.2, 0) is 6.42 Å². The van der Waals surface area contributed by atoms with E-state index in [0.717, 1.165) is 35.7 Å². The summed E-state index contributed by atoms with van der Waals surface area (Å²) < 4.78 is 11.3. The number of carbonyl (C=O) groups excluding carboxylic acids is 1. The Labute approximate surface area is 143 Å². The van der Waals surface area contributed by atoms with Crippen molar-refractivity contribution in [1.82, 2.24) is 10.2 Å². The highest BCUT2D eigenvalue weighted by atomic mass is 16.3. The van der Waals surface area contributed by atoms with E-state index in [-0.39, 0.29) is 23.5 Å². The molecule has 24 heavy (non-hydrogen) atoms. The molecule has 2 atom stereocenters. The van der Waals surface area contributed by atoms with Gasteiger partial charge in [-0.1, -0.05) is 13.8 Å². The lowest BCUT2D eigenvalue weighted by atomic mass is 9.75. The van der Waals surface area contributed by atoms with Crippen molar-refractivity contribution in [3.8, 4) is 0 Å². The molecule has 0 aromatic carbocycles. The second-order valence-electron chi connectivity index (χ2n) is 7.59. The first-order chi connectivity index (χ1) is 11.3. The van der Waals surface area contributed by atoms with Gasteiger partial charge in [-0.15, -0.1) is 0 Å². The third-order valence-electron chi connectivity index (χ3n) is 4.89. The number of aryl methyl sites for hydroxylation is 1. The summed E-state index contributed by atoms with van der Waals surface area (Å²) >= 11 is 0. The molecule has 2 heterocycles. The van der Waals surface area contributed by atoms with Gasteiger partial charge in [-0.3, -0.25) is 0 Å². The number of hydrogen-bond acceptors (Lipinski definition) is 3. The van der Waals surface area contributed by atoms with E-state index in [9.17, 15) is 4.79 Å². The van der Waals surface area contributed by atoms with Crippen molar-refractivity contribution in [3.05, 3.63) is 47.3 Å². The molecule has 1 aliphatic carbocycles. The summed E-state index contributed by atoms with van der Waals surface area (Å²) in [5.74, 6) is 2.67. The summed E-state index contributed by atoms with van der Waals surface area (Å²) in [4.78, 5) is 14.4. The van der Waals surface area contributed by atoms with Crippen molar-refractivity contribution >= 4 is 6.03 Å². The van der Waals surface area contributed by atoms with Crippen LogP contribution in [0.25, 0.3) is 0 Å².